The Labute approximate surface area is 120 Å². The van der Waals surface area contributed by atoms with Crippen molar-refractivity contribution in [1.82, 2.24) is 0 Å². The zero-order valence-electron chi connectivity index (χ0n) is 10.4. The highest BCUT2D eigenvalue weighted by molar-refractivity contribution is 7.98. The maximum Gasteiger partial charge on any atom is 0.335 e. The van der Waals surface area contributed by atoms with Crippen LogP contribution < -0.4 is 5.23 Å². The van der Waals surface area contributed by atoms with E-state index >= 15 is 0 Å². The Bertz CT molecular complexity index is 601. The summed E-state index contributed by atoms with van der Waals surface area (Å²) in [6.07, 6.45) is 0. The normalized spacial score (nSPS) is 12.1. The van der Waals surface area contributed by atoms with Crippen LogP contribution in [0, 0.1) is 5.21 Å². The molecule has 2 rings (SSSR count). The largest absolute Gasteiger partial charge is 0.595 e. The van der Waals surface area contributed by atoms with E-state index in [1.165, 1.54) is 23.9 Å². The minimum atomic E-state index is -1.13. The van der Waals surface area contributed by atoms with E-state index in [0.717, 1.165) is 4.90 Å². The van der Waals surface area contributed by atoms with Gasteiger partial charge in [-0.3, -0.25) is 0 Å². The van der Waals surface area contributed by atoms with Crippen molar-refractivity contribution in [3.63, 3.8) is 0 Å². The molecule has 0 heterocycles. The molecule has 0 amide bonds. The number of hydrogen-bond acceptors (Lipinski definition) is 4. The third-order valence-electron chi connectivity index (χ3n) is 2.72. The molecule has 2 aromatic carbocycles. The van der Waals surface area contributed by atoms with Crippen molar-refractivity contribution in [2.24, 2.45) is 0 Å². The molecule has 5 nitrogen and oxygen atoms in total. The fraction of sp³-hybridized carbons (Fsp3) is 0.0714. The van der Waals surface area contributed by atoms with Crippen LogP contribution >= 0.6 is 11.8 Å². The molecule has 20 heavy (non-hydrogen) atoms. The van der Waals surface area contributed by atoms with Crippen molar-refractivity contribution in [2.45, 2.75) is 10.6 Å². The minimum Gasteiger partial charge on any atom is -0.595 e. The Morgan fingerprint density at radius 3 is 2.50 bits per heavy atom. The van der Waals surface area contributed by atoms with Gasteiger partial charge in [-0.2, -0.15) is 5.23 Å². The summed E-state index contributed by atoms with van der Waals surface area (Å²) >= 11 is 1.51. The highest BCUT2D eigenvalue weighted by Gasteiger charge is 2.13. The van der Waals surface area contributed by atoms with E-state index in [-0.39, 0.29) is 11.3 Å². The van der Waals surface area contributed by atoms with Gasteiger partial charge in [-0.1, -0.05) is 24.3 Å². The molecule has 0 aromatic heterocycles. The summed E-state index contributed by atoms with van der Waals surface area (Å²) in [6, 6.07) is 13.8. The molecule has 0 saturated carbocycles. The van der Waals surface area contributed by atoms with Crippen molar-refractivity contribution >= 4 is 23.4 Å². The Hall–Kier alpha value is -1.86. The van der Waals surface area contributed by atoms with Crippen LogP contribution in [-0.4, -0.2) is 16.3 Å². The molecule has 3 N–H and O–H groups in total. The van der Waals surface area contributed by atoms with E-state index < -0.39 is 11.2 Å². The van der Waals surface area contributed by atoms with Gasteiger partial charge in [0.15, 0.2) is 5.69 Å². The quantitative estimate of drug-likeness (QED) is 0.580. The molecule has 0 radical (unpaired) electrons. The molecule has 0 saturated heterocycles. The van der Waals surface area contributed by atoms with Gasteiger partial charge in [0, 0.05) is 22.3 Å². The number of thioether (sulfide) groups is 1. The van der Waals surface area contributed by atoms with Crippen LogP contribution in [0.15, 0.2) is 53.4 Å². The lowest BCUT2D eigenvalue weighted by Gasteiger charge is -2.16. The average molecular weight is 291 g/mol. The van der Waals surface area contributed by atoms with Crippen LogP contribution in [-0.2, 0) is 5.75 Å². The Balaban J connectivity index is 2.20. The van der Waals surface area contributed by atoms with E-state index in [2.05, 4.69) is 0 Å². The Morgan fingerprint density at radius 2 is 1.90 bits per heavy atom. The monoisotopic (exact) mass is 291 g/mol. The summed E-state index contributed by atoms with van der Waals surface area (Å²) in [5.41, 5.74) is 0.626. The summed E-state index contributed by atoms with van der Waals surface area (Å²) < 4.78 is 0. The smallest absolute Gasteiger partial charge is 0.335 e. The second kappa shape index (κ2) is 6.53. The van der Waals surface area contributed by atoms with Crippen molar-refractivity contribution in [3.8, 4) is 0 Å². The van der Waals surface area contributed by atoms with Crippen LogP contribution in [0.25, 0.3) is 0 Å². The molecule has 104 valence electrons. The first-order valence-corrected chi connectivity index (χ1v) is 6.84. The third kappa shape index (κ3) is 3.58. The second-order valence-electron chi connectivity index (χ2n) is 4.08. The number of hydrogen-bond donors (Lipinski definition) is 3. The summed E-state index contributed by atoms with van der Waals surface area (Å²) in [6.45, 7) is 0. The van der Waals surface area contributed by atoms with Crippen LogP contribution in [0.1, 0.15) is 15.9 Å². The van der Waals surface area contributed by atoms with Crippen molar-refractivity contribution < 1.29 is 20.3 Å². The molecule has 0 spiro atoms. The fourth-order valence-electron chi connectivity index (χ4n) is 1.71. The first kappa shape index (κ1) is 14.5. The molecule has 0 fully saturated rings. The topological polar surface area (TPSA) is 85.0 Å². The molecule has 0 aliphatic heterocycles. The van der Waals surface area contributed by atoms with E-state index in [9.17, 15) is 10.0 Å². The average Bonchev–Trinajstić information content (AvgIpc) is 2.45. The fourth-order valence-corrected chi connectivity index (χ4v) is 2.64. The standard InChI is InChI=1S/C14H13NO4S/c16-14(17)10-6-7-11(13(8-10)15(18)19)9-20-12-4-2-1-3-5-12/h1-8,15,18H,9H2,(H,16,17). The summed E-state index contributed by atoms with van der Waals surface area (Å²) in [7, 11) is 0. The summed E-state index contributed by atoms with van der Waals surface area (Å²) in [5.74, 6) is -0.652. The first-order chi connectivity index (χ1) is 9.58. The van der Waals surface area contributed by atoms with E-state index in [1.54, 1.807) is 6.07 Å². The lowest BCUT2D eigenvalue weighted by molar-refractivity contribution is -0.991. The van der Waals surface area contributed by atoms with Gasteiger partial charge in [0.2, 0.25) is 0 Å². The third-order valence-corrected chi connectivity index (χ3v) is 3.79. The number of carboxylic acid groups (broad SMARTS) is 1. The van der Waals surface area contributed by atoms with Crippen molar-refractivity contribution in [3.05, 3.63) is 64.9 Å². The molecular formula is C14H13NO4S. The van der Waals surface area contributed by atoms with Gasteiger partial charge >= 0.3 is 5.97 Å². The van der Waals surface area contributed by atoms with Gasteiger partial charge in [0.25, 0.3) is 0 Å². The van der Waals surface area contributed by atoms with E-state index in [1.807, 2.05) is 30.3 Å². The summed E-state index contributed by atoms with van der Waals surface area (Å²) in [5, 5.41) is 28.2. The molecule has 0 aliphatic carbocycles. The molecular weight excluding hydrogens is 278 g/mol. The lowest BCUT2D eigenvalue weighted by Crippen LogP contribution is -2.99. The number of aromatic carboxylic acids is 1. The maximum atomic E-state index is 11.2. The Kier molecular flexibility index (Phi) is 4.75. The highest BCUT2D eigenvalue weighted by atomic mass is 32.2. The number of quaternary nitrogens is 1. The van der Waals surface area contributed by atoms with Gasteiger partial charge in [-0.25, -0.2) is 10.0 Å². The molecule has 6 heteroatoms. The molecule has 2 aromatic rings. The van der Waals surface area contributed by atoms with E-state index in [0.29, 0.717) is 11.3 Å². The number of nitrogens with one attached hydrogen (secondary N) is 1. The van der Waals surface area contributed by atoms with Crippen molar-refractivity contribution in [1.29, 1.82) is 0 Å². The molecule has 1 atom stereocenters. The van der Waals surface area contributed by atoms with Gasteiger partial charge in [0.1, 0.15) is 0 Å². The minimum absolute atomic E-state index is 0.0177. The van der Waals surface area contributed by atoms with Crippen LogP contribution in [0.3, 0.4) is 0 Å². The van der Waals surface area contributed by atoms with Crippen LogP contribution in [0.2, 0.25) is 0 Å². The molecule has 1 unspecified atom stereocenters. The van der Waals surface area contributed by atoms with Gasteiger partial charge in [-0.15, -0.1) is 11.8 Å². The maximum absolute atomic E-state index is 11.2. The Morgan fingerprint density at radius 1 is 1.20 bits per heavy atom. The molecule has 0 aliphatic rings. The van der Waals surface area contributed by atoms with Gasteiger partial charge in [0.05, 0.1) is 5.56 Å². The van der Waals surface area contributed by atoms with Crippen LogP contribution in [0.4, 0.5) is 5.69 Å². The van der Waals surface area contributed by atoms with Gasteiger partial charge in [-0.05, 0) is 18.2 Å². The first-order valence-electron chi connectivity index (χ1n) is 5.85. The predicted molar refractivity (Wildman–Crippen MR) is 75.2 cm³/mol. The summed E-state index contributed by atoms with van der Waals surface area (Å²) in [4.78, 5) is 11.9. The molecule has 0 bridgehead atoms. The SMILES string of the molecule is O=C(O)c1ccc(CSc2ccccc2)c([NH+]([O-])O)c1. The zero-order valence-corrected chi connectivity index (χ0v) is 11.3. The highest BCUT2D eigenvalue weighted by Crippen LogP contribution is 2.25. The number of benzene rings is 2. The van der Waals surface area contributed by atoms with Crippen LogP contribution in [0.5, 0.6) is 0 Å². The van der Waals surface area contributed by atoms with E-state index in [4.69, 9.17) is 10.3 Å². The zero-order chi connectivity index (χ0) is 14.5. The lowest BCUT2D eigenvalue weighted by atomic mass is 10.1. The second-order valence-corrected chi connectivity index (χ2v) is 5.13. The van der Waals surface area contributed by atoms with Gasteiger partial charge < -0.3 is 10.3 Å². The number of rotatable bonds is 5. The predicted octanol–water partition coefficient (Wildman–Crippen LogP) is 2.08. The number of carbonyl (C=O) groups is 1. The van der Waals surface area contributed by atoms with Crippen molar-refractivity contribution in [2.75, 3.05) is 0 Å². The number of carboxylic acids is 1.